The summed E-state index contributed by atoms with van der Waals surface area (Å²) in [7, 11) is -10.9. The maximum atomic E-state index is 13.8. The van der Waals surface area contributed by atoms with Crippen molar-refractivity contribution in [2.45, 2.75) is 164 Å². The van der Waals surface area contributed by atoms with Crippen LogP contribution in [-0.2, 0) is 35.9 Å². The molecule has 438 valence electrons. The Balaban J connectivity index is 0.000000275. The van der Waals surface area contributed by atoms with Crippen molar-refractivity contribution in [3.63, 3.8) is 0 Å². The Bertz CT molecular complexity index is 3520. The molecule has 0 unspecified atom stereocenters. The second-order valence-electron chi connectivity index (χ2n) is 23.3. The Morgan fingerprint density at radius 1 is 0.457 bits per heavy atom. The van der Waals surface area contributed by atoms with Crippen LogP contribution in [0.3, 0.4) is 0 Å². The number of phenolic OH excluding ortho intramolecular Hbond substituents is 1. The zero-order valence-corrected chi connectivity index (χ0v) is 49.4. The van der Waals surface area contributed by atoms with Gasteiger partial charge in [0, 0.05) is 51.1 Å². The van der Waals surface area contributed by atoms with E-state index < -0.39 is 81.8 Å². The first-order chi connectivity index (χ1) is 37.8. The summed E-state index contributed by atoms with van der Waals surface area (Å²) in [5.41, 5.74) is 23.4. The lowest BCUT2D eigenvalue weighted by Crippen LogP contribution is -2.42. The van der Waals surface area contributed by atoms with Crippen molar-refractivity contribution in [1.29, 1.82) is 0 Å². The van der Waals surface area contributed by atoms with Gasteiger partial charge in [-0.1, -0.05) is 135 Å². The van der Waals surface area contributed by atoms with Crippen LogP contribution in [0.15, 0.2) is 142 Å². The molecule has 0 radical (unpaired) electrons. The maximum Gasteiger partial charge on any atom is 0.179 e. The highest BCUT2D eigenvalue weighted by atomic mass is 32.2. The Labute approximate surface area is 481 Å². The maximum absolute atomic E-state index is 13.8. The van der Waals surface area contributed by atoms with Gasteiger partial charge in [-0.05, 0) is 150 Å². The van der Waals surface area contributed by atoms with E-state index in [9.17, 15) is 45.7 Å². The molecule has 9 atom stereocenters. The van der Waals surface area contributed by atoms with Gasteiger partial charge in [0.2, 0.25) is 0 Å². The number of aliphatic hydroxyl groups excluding tert-OH is 3. The first kappa shape index (κ1) is 62.8. The molecule has 0 fully saturated rings. The summed E-state index contributed by atoms with van der Waals surface area (Å²) < 4.78 is 81.3. The van der Waals surface area contributed by atoms with Crippen LogP contribution in [-0.4, -0.2) is 81.2 Å². The summed E-state index contributed by atoms with van der Waals surface area (Å²) in [6.07, 6.45) is 4.19. The molecule has 0 saturated heterocycles. The van der Waals surface area contributed by atoms with Crippen LogP contribution in [0.4, 0.5) is 17.1 Å². The van der Waals surface area contributed by atoms with Crippen molar-refractivity contribution in [2.24, 2.45) is 16.2 Å². The first-order valence-electron chi connectivity index (χ1n) is 28.2. The minimum Gasteiger partial charge on any atom is -0.508 e. The molecule has 0 aliphatic carbocycles. The van der Waals surface area contributed by atoms with Gasteiger partial charge in [0.1, 0.15) is 5.75 Å². The van der Waals surface area contributed by atoms with Crippen molar-refractivity contribution < 1.29 is 45.7 Å². The molecule has 6 aromatic rings. The topological polar surface area (TPSA) is 261 Å². The van der Waals surface area contributed by atoms with Gasteiger partial charge in [-0.15, -0.1) is 0 Å². The standard InChI is InChI=1S/C42H52N2O6S2.C22H29NO4S.CH4/c1-5-8-21-42(7-3)26-52(49,50)36-20-18-32(44)24-34(36)38(40(42)46)30-15-11-28(12-16-30)22-27-9-13-29(14-10-27)37-33-23-31(43)17-19-35(33)51(47,48)25-41(4,6-2)39(37)45;1-3-5-12-22(4-2)14-28(26,27)19-11-8-16(23)13-18(19)20(21(22)25)15-6-9-17(24)10-7-15;/h9-20,23-24,37-40,45-46H,5-8,21-22,25-26,43-44H2,1-4H3;6-11,13,20-21,24-25H,3-5,12,14,23H2,1-2H3;1H4/t37-,38+,39-,40+,41-,42-;20-,21-,22+;/m11./s1. The number of phenols is 1. The molecule has 3 aliphatic rings. The number of anilines is 3. The quantitative estimate of drug-likeness (QED) is 0.0501. The Kier molecular flexibility index (Phi) is 19.1. The van der Waals surface area contributed by atoms with E-state index in [4.69, 9.17) is 17.2 Å². The molecular formula is C65H85N3O10S3. The summed E-state index contributed by atoms with van der Waals surface area (Å²) in [6.45, 7) is 11.8. The van der Waals surface area contributed by atoms with Crippen molar-refractivity contribution in [3.8, 4) is 5.75 Å². The first-order valence-corrected chi connectivity index (χ1v) is 33.1. The average molecular weight is 1160 g/mol. The number of nitrogen functional groups attached to an aromatic ring is 3. The zero-order chi connectivity index (χ0) is 58.2. The number of aliphatic hydroxyl groups is 3. The number of sulfone groups is 3. The van der Waals surface area contributed by atoms with E-state index in [0.29, 0.717) is 72.3 Å². The minimum atomic E-state index is -3.69. The zero-order valence-electron chi connectivity index (χ0n) is 47.0. The molecule has 10 N–H and O–H groups in total. The summed E-state index contributed by atoms with van der Waals surface area (Å²) in [5, 5.41) is 45.3. The van der Waals surface area contributed by atoms with Crippen molar-refractivity contribution in [3.05, 3.63) is 172 Å². The molecule has 9 rings (SSSR count). The van der Waals surface area contributed by atoms with Crippen LogP contribution < -0.4 is 17.2 Å². The lowest BCUT2D eigenvalue weighted by molar-refractivity contribution is 0.0173. The summed E-state index contributed by atoms with van der Waals surface area (Å²) in [6, 6.07) is 37.1. The molecule has 3 aliphatic heterocycles. The molecule has 0 bridgehead atoms. The highest BCUT2D eigenvalue weighted by Crippen LogP contribution is 2.52. The summed E-state index contributed by atoms with van der Waals surface area (Å²) in [4.78, 5) is 0.698. The Morgan fingerprint density at radius 3 is 1.10 bits per heavy atom. The van der Waals surface area contributed by atoms with E-state index in [0.717, 1.165) is 53.5 Å². The third-order valence-electron chi connectivity index (χ3n) is 18.1. The number of fused-ring (bicyclic) bond motifs is 3. The lowest BCUT2D eigenvalue weighted by atomic mass is 9.69. The van der Waals surface area contributed by atoms with Crippen LogP contribution in [0.5, 0.6) is 5.75 Å². The monoisotopic (exact) mass is 1160 g/mol. The fourth-order valence-electron chi connectivity index (χ4n) is 13.1. The molecule has 16 heteroatoms. The van der Waals surface area contributed by atoms with Crippen molar-refractivity contribution >= 4 is 46.6 Å². The molecule has 3 heterocycles. The minimum absolute atomic E-state index is 0. The normalized spacial score (nSPS) is 27.0. The van der Waals surface area contributed by atoms with Crippen LogP contribution in [0.2, 0.25) is 0 Å². The molecule has 81 heavy (non-hydrogen) atoms. The van der Waals surface area contributed by atoms with Gasteiger partial charge in [-0.2, -0.15) is 0 Å². The summed E-state index contributed by atoms with van der Waals surface area (Å²) >= 11 is 0. The van der Waals surface area contributed by atoms with Crippen molar-refractivity contribution in [2.75, 3.05) is 34.5 Å². The van der Waals surface area contributed by atoms with E-state index in [1.54, 1.807) is 78.9 Å². The van der Waals surface area contributed by atoms with E-state index in [-0.39, 0.29) is 45.1 Å². The van der Waals surface area contributed by atoms with Gasteiger partial charge in [-0.25, -0.2) is 25.3 Å². The van der Waals surface area contributed by atoms with E-state index in [1.807, 2.05) is 76.2 Å². The number of benzene rings is 6. The SMILES string of the molecule is C.CCCC[C@@]1(CC)CS(=O)(=O)c2ccc(N)cc2[C@@H](c2ccc(O)cc2)[C@H]1O.CCCC[C@]1(CC)CS(=O)(=O)c2ccc(N)cc2[C@H](c2ccc(Cc3ccc([C@@H]4c5cc(N)ccc5S(=O)(=O)C[C@@](C)(CC)[C@@H]4O)cc3)cc2)[C@@H]1O. The van der Waals surface area contributed by atoms with Crippen LogP contribution >= 0.6 is 0 Å². The number of aromatic hydroxyl groups is 1. The second-order valence-corrected chi connectivity index (χ2v) is 29.2. The van der Waals surface area contributed by atoms with E-state index in [1.165, 1.54) is 0 Å². The highest BCUT2D eigenvalue weighted by molar-refractivity contribution is 7.92. The predicted molar refractivity (Wildman–Crippen MR) is 326 cm³/mol. The van der Waals surface area contributed by atoms with Crippen LogP contribution in [0.25, 0.3) is 0 Å². The Morgan fingerprint density at radius 2 is 0.778 bits per heavy atom. The molecule has 6 aromatic carbocycles. The van der Waals surface area contributed by atoms with E-state index >= 15 is 0 Å². The van der Waals surface area contributed by atoms with Gasteiger partial charge in [-0.3, -0.25) is 0 Å². The number of rotatable bonds is 14. The second kappa shape index (κ2) is 24.6. The highest BCUT2D eigenvalue weighted by Gasteiger charge is 2.51. The fraction of sp³-hybridized carbons (Fsp3) is 0.446. The molecule has 0 aromatic heterocycles. The predicted octanol–water partition coefficient (Wildman–Crippen LogP) is 11.5. The molecule has 13 nitrogen and oxygen atoms in total. The summed E-state index contributed by atoms with van der Waals surface area (Å²) in [5.74, 6) is -1.89. The third kappa shape index (κ3) is 12.5. The number of hydrogen-bond donors (Lipinski definition) is 7. The number of nitrogens with two attached hydrogens (primary N) is 3. The largest absolute Gasteiger partial charge is 0.508 e. The Hall–Kier alpha value is -5.75. The fourth-order valence-corrected chi connectivity index (χ4v) is 19.8. The molecule has 0 saturated carbocycles. The molecule has 0 spiro atoms. The van der Waals surface area contributed by atoms with Crippen LogP contribution in [0.1, 0.15) is 169 Å². The van der Waals surface area contributed by atoms with Gasteiger partial charge >= 0.3 is 0 Å². The third-order valence-corrected chi connectivity index (χ3v) is 24.2. The number of hydrogen-bond acceptors (Lipinski definition) is 13. The molecule has 0 amide bonds. The number of unbranched alkanes of at least 4 members (excludes halogenated alkanes) is 2. The van der Waals surface area contributed by atoms with Crippen LogP contribution in [0, 0.1) is 16.2 Å². The van der Waals surface area contributed by atoms with Gasteiger partial charge in [0.25, 0.3) is 0 Å². The van der Waals surface area contributed by atoms with Gasteiger partial charge < -0.3 is 37.6 Å². The van der Waals surface area contributed by atoms with Gasteiger partial charge in [0.15, 0.2) is 29.5 Å². The smallest absolute Gasteiger partial charge is 0.179 e. The lowest BCUT2D eigenvalue weighted by Gasteiger charge is -2.39. The molecular weight excluding hydrogens is 1080 g/mol. The van der Waals surface area contributed by atoms with E-state index in [2.05, 4.69) is 13.8 Å². The van der Waals surface area contributed by atoms with Crippen molar-refractivity contribution in [1.82, 2.24) is 0 Å². The van der Waals surface area contributed by atoms with Gasteiger partial charge in [0.05, 0.1) is 50.3 Å². The average Bonchev–Trinajstić information content (AvgIpc) is 3.61.